The predicted molar refractivity (Wildman–Crippen MR) is 178 cm³/mol. The summed E-state index contributed by atoms with van der Waals surface area (Å²) in [5.41, 5.74) is 2.79. The number of rotatable bonds is 12. The van der Waals surface area contributed by atoms with Gasteiger partial charge in [-0.15, -0.1) is 0 Å². The normalized spacial score (nSPS) is 20.8. The first kappa shape index (κ1) is 32.3. The fourth-order valence-corrected chi connectivity index (χ4v) is 7.69. The standard InChI is InChI=1S/C33H39F2N9O3S/c34-12-16-43-14-10-25(11-15-43)47-26-5-8-29(37-19-26)28-20-38-32(17-30(28)40-24-3-1-23(35)2-4-24)41-31-9-13-36-33(42-31)22-18-39-44(21-22)48(45,46)27-6-7-27/h5,8-9,13,17-21,23-25,27H,1-4,6-7,10-12,14-16H2,(H2,36,38,40,41,42). The summed E-state index contributed by atoms with van der Waals surface area (Å²) >= 11 is 0. The van der Waals surface area contributed by atoms with Gasteiger partial charge in [-0.2, -0.15) is 9.19 Å². The van der Waals surface area contributed by atoms with Crippen molar-refractivity contribution in [2.45, 2.75) is 74.9 Å². The highest BCUT2D eigenvalue weighted by atomic mass is 32.2. The van der Waals surface area contributed by atoms with Gasteiger partial charge in [-0.1, -0.05) is 0 Å². The highest BCUT2D eigenvalue weighted by Gasteiger charge is 2.37. The van der Waals surface area contributed by atoms with Crippen molar-refractivity contribution in [2.24, 2.45) is 0 Å². The third-order valence-corrected chi connectivity index (χ3v) is 11.1. The Labute approximate surface area is 278 Å². The highest BCUT2D eigenvalue weighted by Crippen LogP contribution is 2.34. The summed E-state index contributed by atoms with van der Waals surface area (Å²) in [5, 5.41) is 10.5. The van der Waals surface area contributed by atoms with Crippen molar-refractivity contribution in [2.75, 3.05) is 36.9 Å². The van der Waals surface area contributed by atoms with Crippen molar-refractivity contribution < 1.29 is 21.9 Å². The Morgan fingerprint density at radius 2 is 1.73 bits per heavy atom. The molecule has 2 aliphatic carbocycles. The maximum atomic E-state index is 13.9. The summed E-state index contributed by atoms with van der Waals surface area (Å²) in [4.78, 5) is 20.4. The van der Waals surface area contributed by atoms with Crippen LogP contribution in [0.2, 0.25) is 0 Å². The van der Waals surface area contributed by atoms with Crippen LogP contribution in [0.25, 0.3) is 22.6 Å². The largest absolute Gasteiger partial charge is 0.489 e. The Bertz CT molecular complexity index is 1810. The fraction of sp³-hybridized carbons (Fsp3) is 0.485. The maximum absolute atomic E-state index is 13.9. The van der Waals surface area contributed by atoms with E-state index >= 15 is 0 Å². The number of nitrogens with one attached hydrogen (secondary N) is 2. The summed E-state index contributed by atoms with van der Waals surface area (Å²) < 4.78 is 59.0. The molecule has 12 nitrogen and oxygen atoms in total. The number of hydrogen-bond donors (Lipinski definition) is 2. The van der Waals surface area contributed by atoms with Crippen LogP contribution in [0.4, 0.5) is 26.1 Å². The molecule has 7 rings (SSSR count). The van der Waals surface area contributed by atoms with E-state index in [4.69, 9.17) is 9.72 Å². The second-order valence-corrected chi connectivity index (χ2v) is 14.7. The van der Waals surface area contributed by atoms with E-state index in [9.17, 15) is 17.2 Å². The van der Waals surface area contributed by atoms with E-state index in [2.05, 4.69) is 35.6 Å². The summed E-state index contributed by atoms with van der Waals surface area (Å²) in [6.07, 6.45) is 12.7. The van der Waals surface area contributed by atoms with Crippen molar-refractivity contribution >= 4 is 27.3 Å². The summed E-state index contributed by atoms with van der Waals surface area (Å²) in [6.45, 7) is 1.77. The first-order chi connectivity index (χ1) is 23.3. The molecule has 2 N–H and O–H groups in total. The molecule has 0 atom stereocenters. The number of ether oxygens (including phenoxy) is 1. The number of hydrogen-bond acceptors (Lipinski definition) is 11. The van der Waals surface area contributed by atoms with Crippen molar-refractivity contribution in [1.29, 1.82) is 0 Å². The second kappa shape index (κ2) is 14.1. The first-order valence-electron chi connectivity index (χ1n) is 16.6. The zero-order chi connectivity index (χ0) is 33.1. The van der Waals surface area contributed by atoms with E-state index in [-0.39, 0.29) is 24.1 Å². The smallest absolute Gasteiger partial charge is 0.256 e. The van der Waals surface area contributed by atoms with Crippen LogP contribution < -0.4 is 15.4 Å². The van der Waals surface area contributed by atoms with E-state index < -0.39 is 16.2 Å². The number of likely N-dealkylation sites (tertiary alicyclic amines) is 1. The molecule has 4 aromatic rings. The Morgan fingerprint density at radius 1 is 0.917 bits per heavy atom. The van der Waals surface area contributed by atoms with Gasteiger partial charge in [0.15, 0.2) is 5.82 Å². The molecule has 1 saturated heterocycles. The molecule has 0 bridgehead atoms. The SMILES string of the molecule is O=S(=O)(C1CC1)n1cc(-c2nccc(Nc3cc(NC4CCC(F)CC4)c(-c4ccc(OC5CCN(CCF)CC5)cn4)cn3)n2)cn1. The van der Waals surface area contributed by atoms with Crippen LogP contribution in [0.15, 0.2) is 55.2 Å². The fourth-order valence-electron chi connectivity index (χ4n) is 6.21. The van der Waals surface area contributed by atoms with Gasteiger partial charge >= 0.3 is 0 Å². The lowest BCUT2D eigenvalue weighted by atomic mass is 9.93. The molecule has 1 aliphatic heterocycles. The zero-order valence-corrected chi connectivity index (χ0v) is 27.3. The molecule has 15 heteroatoms. The monoisotopic (exact) mass is 679 g/mol. The molecule has 254 valence electrons. The quantitative estimate of drug-likeness (QED) is 0.199. The molecule has 0 radical (unpaired) electrons. The number of pyridine rings is 2. The number of nitrogens with zero attached hydrogens (tertiary/aromatic N) is 7. The van der Waals surface area contributed by atoms with Gasteiger partial charge < -0.3 is 20.3 Å². The van der Waals surface area contributed by atoms with Gasteiger partial charge in [0.1, 0.15) is 36.3 Å². The Kier molecular flexibility index (Phi) is 9.48. The molecule has 0 unspecified atom stereocenters. The summed E-state index contributed by atoms with van der Waals surface area (Å²) in [6, 6.07) is 7.50. The van der Waals surface area contributed by atoms with E-state index in [0.29, 0.717) is 66.7 Å². The van der Waals surface area contributed by atoms with Crippen molar-refractivity contribution in [1.82, 2.24) is 34.0 Å². The topological polar surface area (TPSA) is 140 Å². The van der Waals surface area contributed by atoms with Crippen LogP contribution >= 0.6 is 0 Å². The first-order valence-corrected chi connectivity index (χ1v) is 18.1. The third kappa shape index (κ3) is 7.57. The predicted octanol–water partition coefficient (Wildman–Crippen LogP) is 5.39. The summed E-state index contributed by atoms with van der Waals surface area (Å²) in [5.74, 6) is 2.00. The van der Waals surface area contributed by atoms with Crippen LogP contribution in [0.3, 0.4) is 0 Å². The van der Waals surface area contributed by atoms with Crippen molar-refractivity contribution in [3.8, 4) is 28.4 Å². The van der Waals surface area contributed by atoms with Gasteiger partial charge in [-0.05, 0) is 69.6 Å². The molecule has 0 aromatic carbocycles. The van der Waals surface area contributed by atoms with Crippen LogP contribution in [-0.4, -0.2) is 92.3 Å². The molecular formula is C33H39F2N9O3S. The molecular weight excluding hydrogens is 640 g/mol. The minimum Gasteiger partial charge on any atom is -0.489 e. The van der Waals surface area contributed by atoms with Gasteiger partial charge in [-0.3, -0.25) is 4.98 Å². The summed E-state index contributed by atoms with van der Waals surface area (Å²) in [7, 11) is -3.50. The minimum absolute atomic E-state index is 0.0673. The lowest BCUT2D eigenvalue weighted by molar-refractivity contribution is 0.0966. The lowest BCUT2D eigenvalue weighted by Gasteiger charge is -2.31. The number of aromatic nitrogens is 6. The van der Waals surface area contributed by atoms with Crippen molar-refractivity contribution in [3.05, 3.63) is 55.2 Å². The Balaban J connectivity index is 1.08. The molecule has 0 amide bonds. The van der Waals surface area contributed by atoms with Crippen LogP contribution in [0.1, 0.15) is 51.4 Å². The molecule has 3 fully saturated rings. The van der Waals surface area contributed by atoms with E-state index in [1.807, 2.05) is 18.2 Å². The number of halogens is 2. The lowest BCUT2D eigenvalue weighted by Crippen LogP contribution is -2.39. The zero-order valence-electron chi connectivity index (χ0n) is 26.5. The number of anilines is 3. The van der Waals surface area contributed by atoms with Gasteiger partial charge in [0.25, 0.3) is 10.0 Å². The van der Waals surface area contributed by atoms with E-state index in [0.717, 1.165) is 54.1 Å². The molecule has 0 spiro atoms. The minimum atomic E-state index is -3.50. The van der Waals surface area contributed by atoms with Crippen LogP contribution in [0, 0.1) is 0 Å². The van der Waals surface area contributed by atoms with Gasteiger partial charge in [0.2, 0.25) is 0 Å². The average molecular weight is 680 g/mol. The second-order valence-electron chi connectivity index (χ2n) is 12.7. The highest BCUT2D eigenvalue weighted by molar-refractivity contribution is 7.90. The third-order valence-electron chi connectivity index (χ3n) is 9.11. The maximum Gasteiger partial charge on any atom is 0.256 e. The molecule has 3 aliphatic rings. The van der Waals surface area contributed by atoms with E-state index in [1.54, 1.807) is 24.7 Å². The van der Waals surface area contributed by atoms with E-state index in [1.165, 1.54) is 12.4 Å². The molecule has 5 heterocycles. The average Bonchev–Trinajstić information content (AvgIpc) is 3.84. The van der Waals surface area contributed by atoms with Gasteiger partial charge in [0, 0.05) is 55.4 Å². The van der Waals surface area contributed by atoms with Crippen molar-refractivity contribution in [3.63, 3.8) is 0 Å². The van der Waals surface area contributed by atoms with Gasteiger partial charge in [-0.25, -0.2) is 32.2 Å². The number of piperidine rings is 1. The number of alkyl halides is 2. The van der Waals surface area contributed by atoms with Crippen LogP contribution in [0.5, 0.6) is 5.75 Å². The van der Waals surface area contributed by atoms with Gasteiger partial charge in [0.05, 0.1) is 35.1 Å². The van der Waals surface area contributed by atoms with Crippen LogP contribution in [-0.2, 0) is 10.0 Å². The molecule has 2 saturated carbocycles. The molecule has 48 heavy (non-hydrogen) atoms. The molecule has 4 aromatic heterocycles. The Hall–Kier alpha value is -4.24. The Morgan fingerprint density at radius 3 is 2.46 bits per heavy atom.